The summed E-state index contributed by atoms with van der Waals surface area (Å²) in [5, 5.41) is 0.211. The van der Waals surface area contributed by atoms with Crippen LogP contribution < -0.4 is 0 Å². The molecule has 0 aliphatic heterocycles. The zero-order chi connectivity index (χ0) is 13.0. The molecule has 0 spiro atoms. The Morgan fingerprint density at radius 1 is 1.44 bits per heavy atom. The van der Waals surface area contributed by atoms with Crippen LogP contribution in [0.2, 0.25) is 5.15 Å². The van der Waals surface area contributed by atoms with Gasteiger partial charge in [-0.3, -0.25) is 0 Å². The molecule has 0 radical (unpaired) electrons. The van der Waals surface area contributed by atoms with Gasteiger partial charge >= 0.3 is 5.97 Å². The summed E-state index contributed by atoms with van der Waals surface area (Å²) in [6.07, 6.45) is 0. The number of ether oxygens (including phenoxy) is 1. The van der Waals surface area contributed by atoms with Crippen LogP contribution in [0.15, 0.2) is 34.7 Å². The van der Waals surface area contributed by atoms with Gasteiger partial charge in [-0.2, -0.15) is 0 Å². The largest absolute Gasteiger partial charge is 0.465 e. The second-order valence-corrected chi connectivity index (χ2v) is 5.95. The molecule has 0 aliphatic rings. The van der Waals surface area contributed by atoms with Crippen molar-refractivity contribution in [1.29, 1.82) is 0 Å². The summed E-state index contributed by atoms with van der Waals surface area (Å²) in [5.74, 6) is 0.356. The van der Waals surface area contributed by atoms with E-state index in [0.29, 0.717) is 4.88 Å². The highest BCUT2D eigenvalue weighted by Gasteiger charge is 2.17. The van der Waals surface area contributed by atoms with Gasteiger partial charge in [0.2, 0.25) is 0 Å². The monoisotopic (exact) mass is 299 g/mol. The predicted octanol–water partition coefficient (Wildman–Crippen LogP) is 3.88. The van der Waals surface area contributed by atoms with E-state index in [4.69, 9.17) is 11.6 Å². The number of thioether (sulfide) groups is 1. The summed E-state index contributed by atoms with van der Waals surface area (Å²) >= 11 is 8.69. The van der Waals surface area contributed by atoms with Crippen LogP contribution >= 0.6 is 34.7 Å². The SMILES string of the molecule is COC(=O)c1sc(SCc2ccccc2)nc1Cl. The van der Waals surface area contributed by atoms with E-state index in [2.05, 4.69) is 9.72 Å². The Labute approximate surface area is 118 Å². The molecule has 0 aliphatic carbocycles. The lowest BCUT2D eigenvalue weighted by atomic mass is 10.2. The Balaban J connectivity index is 2.05. The van der Waals surface area contributed by atoms with Crippen LogP contribution in [0.4, 0.5) is 0 Å². The van der Waals surface area contributed by atoms with Crippen molar-refractivity contribution >= 4 is 40.7 Å². The molecule has 1 aromatic heterocycles. The molecule has 0 saturated carbocycles. The highest BCUT2D eigenvalue weighted by Crippen LogP contribution is 2.32. The maximum atomic E-state index is 11.4. The number of nitrogens with zero attached hydrogens (tertiary/aromatic N) is 1. The second kappa shape index (κ2) is 6.22. The highest BCUT2D eigenvalue weighted by molar-refractivity contribution is 8.00. The number of hydrogen-bond acceptors (Lipinski definition) is 5. The minimum Gasteiger partial charge on any atom is -0.465 e. The van der Waals surface area contributed by atoms with E-state index in [0.717, 1.165) is 10.1 Å². The molecule has 2 rings (SSSR count). The third kappa shape index (κ3) is 3.25. The van der Waals surface area contributed by atoms with Crippen LogP contribution in [0.5, 0.6) is 0 Å². The predicted molar refractivity (Wildman–Crippen MR) is 74.5 cm³/mol. The summed E-state index contributed by atoms with van der Waals surface area (Å²) in [5.41, 5.74) is 1.20. The Bertz CT molecular complexity index is 542. The van der Waals surface area contributed by atoms with Gasteiger partial charge in [0.25, 0.3) is 0 Å². The van der Waals surface area contributed by atoms with Crippen molar-refractivity contribution in [2.75, 3.05) is 7.11 Å². The van der Waals surface area contributed by atoms with Gasteiger partial charge in [0.05, 0.1) is 7.11 Å². The molecule has 94 valence electrons. The Morgan fingerprint density at radius 2 is 2.17 bits per heavy atom. The molecular weight excluding hydrogens is 290 g/mol. The first-order valence-electron chi connectivity index (χ1n) is 5.12. The smallest absolute Gasteiger partial charge is 0.351 e. The quantitative estimate of drug-likeness (QED) is 0.634. The maximum absolute atomic E-state index is 11.4. The van der Waals surface area contributed by atoms with Crippen molar-refractivity contribution < 1.29 is 9.53 Å². The van der Waals surface area contributed by atoms with Crippen molar-refractivity contribution in [1.82, 2.24) is 4.98 Å². The maximum Gasteiger partial charge on any atom is 0.351 e. The first-order chi connectivity index (χ1) is 8.70. The Hall–Kier alpha value is -1.04. The number of halogens is 1. The average Bonchev–Trinajstić information content (AvgIpc) is 2.78. The van der Waals surface area contributed by atoms with E-state index >= 15 is 0 Å². The van der Waals surface area contributed by atoms with E-state index in [1.807, 2.05) is 30.3 Å². The van der Waals surface area contributed by atoms with Crippen LogP contribution in [-0.2, 0) is 10.5 Å². The molecule has 0 unspecified atom stereocenters. The third-order valence-corrected chi connectivity index (χ3v) is 4.78. The van der Waals surface area contributed by atoms with E-state index in [1.54, 1.807) is 11.8 Å². The number of benzene rings is 1. The normalized spacial score (nSPS) is 10.3. The molecule has 0 fully saturated rings. The zero-order valence-electron chi connectivity index (χ0n) is 9.55. The van der Waals surface area contributed by atoms with Gasteiger partial charge in [-0.25, -0.2) is 9.78 Å². The van der Waals surface area contributed by atoms with Gasteiger partial charge in [0, 0.05) is 5.75 Å². The lowest BCUT2D eigenvalue weighted by Gasteiger charge is -1.97. The molecule has 1 heterocycles. The fraction of sp³-hybridized carbons (Fsp3) is 0.167. The second-order valence-electron chi connectivity index (χ2n) is 3.37. The molecule has 18 heavy (non-hydrogen) atoms. The zero-order valence-corrected chi connectivity index (χ0v) is 11.9. The lowest BCUT2D eigenvalue weighted by Crippen LogP contribution is -1.98. The number of carbonyl (C=O) groups is 1. The van der Waals surface area contributed by atoms with Crippen LogP contribution in [0.3, 0.4) is 0 Å². The third-order valence-electron chi connectivity index (χ3n) is 2.14. The standard InChI is InChI=1S/C12H10ClNO2S2/c1-16-11(15)9-10(13)14-12(18-9)17-7-8-5-3-2-4-6-8/h2-6H,7H2,1H3. The van der Waals surface area contributed by atoms with Crippen LogP contribution in [-0.4, -0.2) is 18.1 Å². The fourth-order valence-electron chi connectivity index (χ4n) is 1.28. The lowest BCUT2D eigenvalue weighted by molar-refractivity contribution is 0.0606. The van der Waals surface area contributed by atoms with Gasteiger partial charge < -0.3 is 4.74 Å². The fourth-order valence-corrected chi connectivity index (χ4v) is 3.57. The van der Waals surface area contributed by atoms with E-state index in [-0.39, 0.29) is 5.15 Å². The summed E-state index contributed by atoms with van der Waals surface area (Å²) in [6, 6.07) is 10.0. The van der Waals surface area contributed by atoms with Crippen LogP contribution in [0.1, 0.15) is 15.2 Å². The molecule has 3 nitrogen and oxygen atoms in total. The minimum absolute atomic E-state index is 0.211. The number of thiazole rings is 1. The van der Waals surface area contributed by atoms with Crippen molar-refractivity contribution in [2.45, 2.75) is 10.1 Å². The number of aromatic nitrogens is 1. The van der Waals surface area contributed by atoms with Gasteiger partial charge in [0.15, 0.2) is 14.4 Å². The molecule has 0 atom stereocenters. The summed E-state index contributed by atoms with van der Waals surface area (Å²) < 4.78 is 5.40. The summed E-state index contributed by atoms with van der Waals surface area (Å²) in [6.45, 7) is 0. The number of hydrogen-bond donors (Lipinski definition) is 0. The number of methoxy groups -OCH3 is 1. The number of carbonyl (C=O) groups excluding carboxylic acids is 1. The van der Waals surface area contributed by atoms with Gasteiger partial charge in [-0.1, -0.05) is 65.0 Å². The first kappa shape index (κ1) is 13.4. The topological polar surface area (TPSA) is 39.2 Å². The number of rotatable bonds is 4. The molecule has 0 bridgehead atoms. The van der Waals surface area contributed by atoms with Crippen molar-refractivity contribution in [2.24, 2.45) is 0 Å². The van der Waals surface area contributed by atoms with Crippen LogP contribution in [0, 0.1) is 0 Å². The van der Waals surface area contributed by atoms with E-state index in [9.17, 15) is 4.79 Å². The molecular formula is C12H10ClNO2S2. The molecule has 0 saturated heterocycles. The molecule has 2 aromatic rings. The van der Waals surface area contributed by atoms with E-state index in [1.165, 1.54) is 24.0 Å². The average molecular weight is 300 g/mol. The molecule has 6 heteroatoms. The van der Waals surface area contributed by atoms with Crippen molar-refractivity contribution in [3.8, 4) is 0 Å². The van der Waals surface area contributed by atoms with Gasteiger partial charge in [-0.15, -0.1) is 0 Å². The molecule has 0 amide bonds. The first-order valence-corrected chi connectivity index (χ1v) is 7.30. The molecule has 0 N–H and O–H groups in total. The van der Waals surface area contributed by atoms with Gasteiger partial charge in [-0.05, 0) is 5.56 Å². The number of esters is 1. The van der Waals surface area contributed by atoms with E-state index < -0.39 is 5.97 Å². The summed E-state index contributed by atoms with van der Waals surface area (Å²) in [7, 11) is 1.33. The summed E-state index contributed by atoms with van der Waals surface area (Å²) in [4.78, 5) is 15.9. The van der Waals surface area contributed by atoms with Crippen molar-refractivity contribution in [3.63, 3.8) is 0 Å². The Kier molecular flexibility index (Phi) is 4.63. The molecule has 1 aromatic carbocycles. The van der Waals surface area contributed by atoms with Crippen molar-refractivity contribution in [3.05, 3.63) is 45.9 Å². The minimum atomic E-state index is -0.441. The van der Waals surface area contributed by atoms with Gasteiger partial charge in [0.1, 0.15) is 0 Å². The van der Waals surface area contributed by atoms with Crippen LogP contribution in [0.25, 0.3) is 0 Å². The Morgan fingerprint density at radius 3 is 2.83 bits per heavy atom. The highest BCUT2D eigenvalue weighted by atomic mass is 35.5.